The van der Waals surface area contributed by atoms with Gasteiger partial charge >= 0.3 is 0 Å². The van der Waals surface area contributed by atoms with Crippen LogP contribution in [0.4, 0.5) is 5.69 Å². The van der Waals surface area contributed by atoms with E-state index in [9.17, 15) is 14.4 Å². The normalized spacial score (nSPS) is 14.3. The number of carbonyl (C=O) groups is 3. The number of carbonyl (C=O) groups excluding carboxylic acids is 3. The van der Waals surface area contributed by atoms with E-state index in [2.05, 4.69) is 4.99 Å². The number of aldehydes is 1. The van der Waals surface area contributed by atoms with Crippen molar-refractivity contribution in [3.05, 3.63) is 28.8 Å². The lowest BCUT2D eigenvalue weighted by atomic mass is 10.2. The highest BCUT2D eigenvalue weighted by atomic mass is 35.5. The minimum absolute atomic E-state index is 0.196. The standard InChI is InChI=1S/C14H14ClN3O3/c1-9(20)17-5-6-18(10(2)21)14(17)16-13-4-3-11(8-19)7-12(13)15/h3-4,7-8H,5-6H2,1-2H3. The smallest absolute Gasteiger partial charge is 0.226 e. The highest BCUT2D eigenvalue weighted by Crippen LogP contribution is 2.27. The number of guanidine groups is 1. The summed E-state index contributed by atoms with van der Waals surface area (Å²) in [5, 5.41) is 0.283. The fourth-order valence-electron chi connectivity index (χ4n) is 2.06. The molecular weight excluding hydrogens is 294 g/mol. The van der Waals surface area contributed by atoms with Crippen LogP contribution in [0.25, 0.3) is 0 Å². The van der Waals surface area contributed by atoms with Crippen LogP contribution in [0.1, 0.15) is 24.2 Å². The van der Waals surface area contributed by atoms with E-state index in [1.54, 1.807) is 12.1 Å². The highest BCUT2D eigenvalue weighted by molar-refractivity contribution is 6.33. The minimum atomic E-state index is -0.196. The molecule has 0 N–H and O–H groups in total. The maximum absolute atomic E-state index is 11.6. The third-order valence-electron chi connectivity index (χ3n) is 3.12. The van der Waals surface area contributed by atoms with E-state index in [0.717, 1.165) is 0 Å². The van der Waals surface area contributed by atoms with Crippen LogP contribution in [-0.2, 0) is 9.59 Å². The monoisotopic (exact) mass is 307 g/mol. The first kappa shape index (κ1) is 15.2. The van der Waals surface area contributed by atoms with Crippen molar-refractivity contribution in [1.29, 1.82) is 0 Å². The topological polar surface area (TPSA) is 70.1 Å². The third-order valence-corrected chi connectivity index (χ3v) is 3.42. The van der Waals surface area contributed by atoms with E-state index in [4.69, 9.17) is 11.6 Å². The molecule has 1 fully saturated rings. The van der Waals surface area contributed by atoms with E-state index < -0.39 is 0 Å². The lowest BCUT2D eigenvalue weighted by molar-refractivity contribution is -0.124. The Hall–Kier alpha value is -2.21. The Labute approximate surface area is 127 Å². The Morgan fingerprint density at radius 2 is 1.76 bits per heavy atom. The van der Waals surface area contributed by atoms with Gasteiger partial charge in [0.25, 0.3) is 0 Å². The summed E-state index contributed by atoms with van der Waals surface area (Å²) >= 11 is 6.07. The molecule has 21 heavy (non-hydrogen) atoms. The van der Waals surface area contributed by atoms with Crippen molar-refractivity contribution in [3.63, 3.8) is 0 Å². The van der Waals surface area contributed by atoms with E-state index in [1.807, 2.05) is 0 Å². The van der Waals surface area contributed by atoms with Gasteiger partial charge < -0.3 is 0 Å². The van der Waals surface area contributed by atoms with Crippen LogP contribution in [0.5, 0.6) is 0 Å². The zero-order valence-corrected chi connectivity index (χ0v) is 12.4. The summed E-state index contributed by atoms with van der Waals surface area (Å²) in [4.78, 5) is 41.1. The van der Waals surface area contributed by atoms with Crippen LogP contribution in [0.3, 0.4) is 0 Å². The second-order valence-corrected chi connectivity index (χ2v) is 4.99. The van der Waals surface area contributed by atoms with Crippen molar-refractivity contribution >= 4 is 41.3 Å². The van der Waals surface area contributed by atoms with Gasteiger partial charge in [-0.15, -0.1) is 0 Å². The molecule has 7 heteroatoms. The number of nitrogens with zero attached hydrogens (tertiary/aromatic N) is 3. The van der Waals surface area contributed by atoms with Crippen molar-refractivity contribution < 1.29 is 14.4 Å². The van der Waals surface area contributed by atoms with Gasteiger partial charge in [-0.05, 0) is 18.2 Å². The average Bonchev–Trinajstić information content (AvgIpc) is 2.85. The van der Waals surface area contributed by atoms with Crippen LogP contribution in [-0.4, -0.2) is 46.9 Å². The lowest BCUT2D eigenvalue weighted by Crippen LogP contribution is -2.38. The average molecular weight is 308 g/mol. The number of halogens is 1. The van der Waals surface area contributed by atoms with Gasteiger partial charge in [0, 0.05) is 32.5 Å². The Kier molecular flexibility index (Phi) is 4.37. The molecule has 6 nitrogen and oxygen atoms in total. The van der Waals surface area contributed by atoms with Gasteiger partial charge in [0.05, 0.1) is 10.7 Å². The van der Waals surface area contributed by atoms with Crippen molar-refractivity contribution in [3.8, 4) is 0 Å². The second-order valence-electron chi connectivity index (χ2n) is 4.58. The predicted octanol–water partition coefficient (Wildman–Crippen LogP) is 1.85. The van der Waals surface area contributed by atoms with Crippen LogP contribution < -0.4 is 0 Å². The molecule has 1 heterocycles. The molecule has 0 spiro atoms. The molecular formula is C14H14ClN3O3. The summed E-state index contributed by atoms with van der Waals surface area (Å²) in [7, 11) is 0. The molecule has 0 radical (unpaired) electrons. The molecule has 0 aromatic heterocycles. The van der Waals surface area contributed by atoms with Crippen molar-refractivity contribution in [2.75, 3.05) is 13.1 Å². The van der Waals surface area contributed by atoms with Gasteiger partial charge in [-0.2, -0.15) is 0 Å². The maximum Gasteiger partial charge on any atom is 0.226 e. The first-order valence-electron chi connectivity index (χ1n) is 6.33. The lowest BCUT2D eigenvalue weighted by Gasteiger charge is -2.18. The molecule has 0 atom stereocenters. The van der Waals surface area contributed by atoms with Gasteiger partial charge in [-0.3, -0.25) is 24.2 Å². The third kappa shape index (κ3) is 3.11. The predicted molar refractivity (Wildman–Crippen MR) is 78.7 cm³/mol. The molecule has 110 valence electrons. The van der Waals surface area contributed by atoms with Gasteiger partial charge in [0.2, 0.25) is 17.8 Å². The van der Waals surface area contributed by atoms with E-state index in [-0.39, 0.29) is 22.8 Å². The van der Waals surface area contributed by atoms with Crippen molar-refractivity contribution in [2.24, 2.45) is 4.99 Å². The summed E-state index contributed by atoms with van der Waals surface area (Å²) in [5.74, 6) is -0.132. The number of hydrogen-bond acceptors (Lipinski definition) is 4. The van der Waals surface area contributed by atoms with Crippen LogP contribution in [0.15, 0.2) is 23.2 Å². The summed E-state index contributed by atoms with van der Waals surface area (Å²) in [6, 6.07) is 4.64. The molecule has 2 rings (SSSR count). The Balaban J connectivity index is 2.46. The minimum Gasteiger partial charge on any atom is -0.298 e. The first-order valence-corrected chi connectivity index (χ1v) is 6.71. The summed E-state index contributed by atoms with van der Waals surface area (Å²) in [6.07, 6.45) is 0.683. The molecule has 1 aliphatic heterocycles. The highest BCUT2D eigenvalue weighted by Gasteiger charge is 2.31. The zero-order chi connectivity index (χ0) is 15.6. The molecule has 2 amide bonds. The van der Waals surface area contributed by atoms with Crippen molar-refractivity contribution in [2.45, 2.75) is 13.8 Å². The van der Waals surface area contributed by atoms with Crippen molar-refractivity contribution in [1.82, 2.24) is 9.80 Å². The summed E-state index contributed by atoms with van der Waals surface area (Å²) in [6.45, 7) is 3.63. The van der Waals surface area contributed by atoms with Crippen LogP contribution in [0, 0.1) is 0 Å². The number of hydrogen-bond donors (Lipinski definition) is 0. The molecule has 0 unspecified atom stereocenters. The molecule has 0 saturated carbocycles. The van der Waals surface area contributed by atoms with Crippen LogP contribution >= 0.6 is 11.6 Å². The number of benzene rings is 1. The van der Waals surface area contributed by atoms with Gasteiger partial charge in [-0.1, -0.05) is 11.6 Å². The first-order chi connectivity index (χ1) is 9.93. The number of rotatable bonds is 2. The quantitative estimate of drug-likeness (QED) is 0.783. The van der Waals surface area contributed by atoms with Crippen LogP contribution in [0.2, 0.25) is 5.02 Å². The van der Waals surface area contributed by atoms with Gasteiger partial charge in [0.1, 0.15) is 6.29 Å². The molecule has 0 bridgehead atoms. The van der Waals surface area contributed by atoms with Gasteiger partial charge in [0.15, 0.2) is 0 Å². The fraction of sp³-hybridized carbons (Fsp3) is 0.286. The second kappa shape index (κ2) is 6.05. The van der Waals surface area contributed by atoms with E-state index in [1.165, 1.54) is 29.7 Å². The summed E-state index contributed by atoms with van der Waals surface area (Å²) in [5.41, 5.74) is 0.832. The fourth-order valence-corrected chi connectivity index (χ4v) is 2.29. The molecule has 1 saturated heterocycles. The molecule has 1 aromatic carbocycles. The van der Waals surface area contributed by atoms with E-state index in [0.29, 0.717) is 30.6 Å². The summed E-state index contributed by atoms with van der Waals surface area (Å²) < 4.78 is 0. The van der Waals surface area contributed by atoms with E-state index >= 15 is 0 Å². The molecule has 1 aliphatic rings. The molecule has 0 aliphatic carbocycles. The van der Waals surface area contributed by atoms with Gasteiger partial charge in [-0.25, -0.2) is 4.99 Å². The maximum atomic E-state index is 11.6. The Morgan fingerprint density at radius 1 is 1.19 bits per heavy atom. The Morgan fingerprint density at radius 3 is 2.19 bits per heavy atom. The molecule has 1 aromatic rings. The zero-order valence-electron chi connectivity index (χ0n) is 11.7. The number of amides is 2. The number of aliphatic imine (C=N–C) groups is 1. The largest absolute Gasteiger partial charge is 0.298 e. The SMILES string of the molecule is CC(=O)N1CCN(C(C)=O)C1=Nc1ccc(C=O)cc1Cl. The Bertz CT molecular complexity index is 618.